The lowest BCUT2D eigenvalue weighted by atomic mass is 9.99. The highest BCUT2D eigenvalue weighted by molar-refractivity contribution is 5.96. The van der Waals surface area contributed by atoms with Crippen LogP contribution in [0, 0.1) is 5.92 Å². The van der Waals surface area contributed by atoms with Crippen LogP contribution in [0.3, 0.4) is 0 Å². The minimum atomic E-state index is 0.185. The molecule has 4 heterocycles. The number of piperidine rings is 2. The Morgan fingerprint density at radius 1 is 0.554 bits per heavy atom. The van der Waals surface area contributed by atoms with Gasteiger partial charge < -0.3 is 18.9 Å². The standard InChI is InChI=1S/C55H70N6O4/c1-7-45(8-2)65-53-22-20-42(36-55(53)63-10-4)38-59-33-27-44(28-34-59)61(51-24-30-57-49-18-14-12-16-47(49)51)60(50-23-29-56-48-17-13-11-15-46(48)50)43-25-31-58(32-26-43)37-41-19-21-52(64-39-40(5)6)54(35-41)62-9-3/h11-24,29-30,35-36,40,43-45H,7-10,25-28,31-34,37-39H2,1-6H3. The third-order valence-electron chi connectivity index (χ3n) is 13.0. The number of benzene rings is 4. The van der Waals surface area contributed by atoms with Crippen LogP contribution in [0.15, 0.2) is 109 Å². The summed E-state index contributed by atoms with van der Waals surface area (Å²) in [5.41, 5.74) is 6.93. The van der Waals surface area contributed by atoms with Gasteiger partial charge in [0.25, 0.3) is 0 Å². The van der Waals surface area contributed by atoms with E-state index in [4.69, 9.17) is 28.9 Å². The van der Waals surface area contributed by atoms with E-state index in [1.807, 2.05) is 26.2 Å². The van der Waals surface area contributed by atoms with E-state index in [1.54, 1.807) is 0 Å². The number of para-hydroxylation sites is 2. The first-order chi connectivity index (χ1) is 31.8. The molecule has 0 bridgehead atoms. The number of aromatic nitrogens is 2. The van der Waals surface area contributed by atoms with Gasteiger partial charge >= 0.3 is 0 Å². The number of nitrogens with zero attached hydrogens (tertiary/aromatic N) is 6. The number of pyridine rings is 2. The van der Waals surface area contributed by atoms with E-state index in [0.29, 0.717) is 25.7 Å². The quantitative estimate of drug-likeness (QED) is 0.0692. The number of hydrogen-bond acceptors (Lipinski definition) is 10. The highest BCUT2D eigenvalue weighted by atomic mass is 16.5. The summed E-state index contributed by atoms with van der Waals surface area (Å²) in [5.74, 6) is 3.78. The molecule has 2 saturated heterocycles. The van der Waals surface area contributed by atoms with Gasteiger partial charge in [0, 0.05) is 62.4 Å². The van der Waals surface area contributed by atoms with Crippen LogP contribution in [-0.4, -0.2) is 84.0 Å². The molecule has 8 rings (SSSR count). The fourth-order valence-electron chi connectivity index (χ4n) is 9.65. The second-order valence-corrected chi connectivity index (χ2v) is 18.1. The number of hydrazine groups is 1. The van der Waals surface area contributed by atoms with Gasteiger partial charge in [-0.15, -0.1) is 0 Å². The Hall–Kier alpha value is -5.58. The summed E-state index contributed by atoms with van der Waals surface area (Å²) in [6.07, 6.45) is 10.2. The molecule has 0 amide bonds. The van der Waals surface area contributed by atoms with Gasteiger partial charge in [-0.1, -0.05) is 76.2 Å². The molecule has 0 spiro atoms. The van der Waals surface area contributed by atoms with E-state index in [2.05, 4.69) is 145 Å². The monoisotopic (exact) mass is 879 g/mol. The molecule has 10 heteroatoms. The number of anilines is 2. The largest absolute Gasteiger partial charge is 0.490 e. The van der Waals surface area contributed by atoms with Crippen molar-refractivity contribution in [1.29, 1.82) is 0 Å². The number of rotatable bonds is 20. The molecule has 6 aromatic rings. The van der Waals surface area contributed by atoms with Crippen LogP contribution >= 0.6 is 0 Å². The molecule has 65 heavy (non-hydrogen) atoms. The molecule has 0 N–H and O–H groups in total. The minimum Gasteiger partial charge on any atom is -0.490 e. The van der Waals surface area contributed by atoms with Crippen molar-refractivity contribution < 1.29 is 18.9 Å². The van der Waals surface area contributed by atoms with E-state index >= 15 is 0 Å². The smallest absolute Gasteiger partial charge is 0.161 e. The van der Waals surface area contributed by atoms with Crippen molar-refractivity contribution in [1.82, 2.24) is 19.8 Å². The average molecular weight is 879 g/mol. The van der Waals surface area contributed by atoms with Gasteiger partial charge in [-0.2, -0.15) is 0 Å². The second kappa shape index (κ2) is 22.1. The molecule has 2 fully saturated rings. The molecular formula is C55H70N6O4. The predicted molar refractivity (Wildman–Crippen MR) is 266 cm³/mol. The van der Waals surface area contributed by atoms with Crippen molar-refractivity contribution in [2.45, 2.75) is 111 Å². The maximum atomic E-state index is 6.38. The second-order valence-electron chi connectivity index (χ2n) is 18.1. The number of likely N-dealkylation sites (tertiary alicyclic amines) is 2. The zero-order valence-corrected chi connectivity index (χ0v) is 39.6. The lowest BCUT2D eigenvalue weighted by Crippen LogP contribution is -2.59. The Morgan fingerprint density at radius 3 is 1.48 bits per heavy atom. The predicted octanol–water partition coefficient (Wildman–Crippen LogP) is 11.7. The first-order valence-electron chi connectivity index (χ1n) is 24.4. The molecule has 2 aliphatic rings. The van der Waals surface area contributed by atoms with E-state index in [9.17, 15) is 0 Å². The summed E-state index contributed by atoms with van der Waals surface area (Å²) < 4.78 is 24.7. The maximum Gasteiger partial charge on any atom is 0.161 e. The Labute approximate surface area is 387 Å². The summed E-state index contributed by atoms with van der Waals surface area (Å²) in [6, 6.07) is 35.3. The van der Waals surface area contributed by atoms with Crippen molar-refractivity contribution in [3.63, 3.8) is 0 Å². The van der Waals surface area contributed by atoms with Gasteiger partial charge in [-0.05, 0) is 118 Å². The molecular weight excluding hydrogens is 809 g/mol. The van der Waals surface area contributed by atoms with Crippen molar-refractivity contribution in [3.8, 4) is 23.0 Å². The first-order valence-corrected chi connectivity index (χ1v) is 24.4. The average Bonchev–Trinajstić information content (AvgIpc) is 3.33. The summed E-state index contributed by atoms with van der Waals surface area (Å²) in [6.45, 7) is 20.3. The maximum absolute atomic E-state index is 6.38. The topological polar surface area (TPSA) is 75.7 Å². The number of hydrogen-bond donors (Lipinski definition) is 0. The van der Waals surface area contributed by atoms with Gasteiger partial charge in [0.2, 0.25) is 0 Å². The van der Waals surface area contributed by atoms with Crippen LogP contribution in [0.25, 0.3) is 21.8 Å². The Kier molecular flexibility index (Phi) is 15.6. The third-order valence-corrected chi connectivity index (χ3v) is 13.0. The van der Waals surface area contributed by atoms with E-state index in [-0.39, 0.29) is 18.2 Å². The van der Waals surface area contributed by atoms with Gasteiger partial charge in [-0.25, -0.2) is 0 Å². The zero-order chi connectivity index (χ0) is 45.1. The Bertz CT molecular complexity index is 2430. The van der Waals surface area contributed by atoms with Crippen LogP contribution in [-0.2, 0) is 13.1 Å². The van der Waals surface area contributed by atoms with E-state index in [0.717, 1.165) is 112 Å². The lowest BCUT2D eigenvalue weighted by molar-refractivity contribution is 0.179. The van der Waals surface area contributed by atoms with Gasteiger partial charge in [0.05, 0.1) is 60.4 Å². The third kappa shape index (κ3) is 11.1. The van der Waals surface area contributed by atoms with Gasteiger partial charge in [0.15, 0.2) is 23.0 Å². The van der Waals surface area contributed by atoms with Crippen molar-refractivity contribution >= 4 is 33.2 Å². The van der Waals surface area contributed by atoms with Crippen LogP contribution < -0.4 is 29.0 Å². The molecule has 0 saturated carbocycles. The molecule has 0 atom stereocenters. The minimum absolute atomic E-state index is 0.185. The van der Waals surface area contributed by atoms with Crippen LogP contribution in [0.2, 0.25) is 0 Å². The van der Waals surface area contributed by atoms with E-state index in [1.165, 1.54) is 33.3 Å². The van der Waals surface area contributed by atoms with Crippen LogP contribution in [0.4, 0.5) is 11.4 Å². The van der Waals surface area contributed by atoms with Gasteiger partial charge in [-0.3, -0.25) is 29.8 Å². The van der Waals surface area contributed by atoms with Crippen LogP contribution in [0.1, 0.15) is 91.2 Å². The van der Waals surface area contributed by atoms with Crippen molar-refractivity contribution in [2.75, 3.05) is 56.0 Å². The lowest BCUT2D eigenvalue weighted by Gasteiger charge is -2.51. The molecule has 4 aromatic carbocycles. The normalized spacial score (nSPS) is 15.5. The molecule has 10 nitrogen and oxygen atoms in total. The summed E-state index contributed by atoms with van der Waals surface area (Å²) in [7, 11) is 0. The molecule has 344 valence electrons. The SMILES string of the molecule is CCOc1cc(CN2CCC(N(c3ccnc4ccccc34)N(c3ccnc4ccccc34)C3CCN(Cc4ccc(OC(CC)CC)c(OCC)c4)CC3)CC2)ccc1OCC(C)C. The molecule has 0 radical (unpaired) electrons. The fraction of sp³-hybridized carbons (Fsp3) is 0.455. The highest BCUT2D eigenvalue weighted by Crippen LogP contribution is 2.40. The summed E-state index contributed by atoms with van der Waals surface area (Å²) >= 11 is 0. The van der Waals surface area contributed by atoms with E-state index < -0.39 is 0 Å². The Balaban J connectivity index is 1.08. The summed E-state index contributed by atoms with van der Waals surface area (Å²) in [5, 5.41) is 7.71. The van der Waals surface area contributed by atoms with Crippen LogP contribution in [0.5, 0.6) is 23.0 Å². The van der Waals surface area contributed by atoms with Crippen molar-refractivity contribution in [2.24, 2.45) is 5.92 Å². The molecule has 0 unspecified atom stereocenters. The first kappa shape index (κ1) is 46.0. The molecule has 2 aliphatic heterocycles. The van der Waals surface area contributed by atoms with Crippen molar-refractivity contribution in [3.05, 3.63) is 121 Å². The summed E-state index contributed by atoms with van der Waals surface area (Å²) in [4.78, 5) is 14.9. The fourth-order valence-corrected chi connectivity index (χ4v) is 9.65. The zero-order valence-electron chi connectivity index (χ0n) is 39.6. The van der Waals surface area contributed by atoms with Gasteiger partial charge in [0.1, 0.15) is 0 Å². The number of fused-ring (bicyclic) bond motifs is 2. The Morgan fingerprint density at radius 2 is 1.02 bits per heavy atom. The molecule has 0 aliphatic carbocycles. The highest BCUT2D eigenvalue weighted by Gasteiger charge is 2.36. The number of ether oxygens (including phenoxy) is 4. The molecule has 2 aromatic heterocycles.